The van der Waals surface area contributed by atoms with Gasteiger partial charge in [-0.1, -0.05) is 97.9 Å². The first kappa shape index (κ1) is 30.9. The van der Waals surface area contributed by atoms with E-state index in [0.717, 1.165) is 42.0 Å². The lowest BCUT2D eigenvalue weighted by Gasteiger charge is -2.34. The molecule has 1 N–H and O–H groups in total. The maximum Gasteiger partial charge on any atom is 0.264 e. The van der Waals surface area contributed by atoms with Crippen LogP contribution in [0.4, 0.5) is 5.69 Å². The molecule has 1 aliphatic rings. The molecule has 0 spiro atoms. The highest BCUT2D eigenvalue weighted by Gasteiger charge is 2.35. The Morgan fingerprint density at radius 3 is 2.20 bits per heavy atom. The summed E-state index contributed by atoms with van der Waals surface area (Å²) in [5.41, 5.74) is 0.902. The molecule has 1 atom stereocenters. The molecule has 7 nitrogen and oxygen atoms in total. The second-order valence-corrected chi connectivity index (χ2v) is 12.9. The number of halogens is 2. The van der Waals surface area contributed by atoms with Crippen LogP contribution in [0.2, 0.25) is 10.0 Å². The first-order valence-corrected chi connectivity index (χ1v) is 16.1. The molecule has 0 aliphatic heterocycles. The number of carbonyl (C=O) groups excluding carboxylic acids is 2. The smallest absolute Gasteiger partial charge is 0.264 e. The Kier molecular flexibility index (Phi) is 10.7. The van der Waals surface area contributed by atoms with Crippen LogP contribution in [-0.4, -0.2) is 43.8 Å². The topological polar surface area (TPSA) is 86.8 Å². The van der Waals surface area contributed by atoms with Gasteiger partial charge in [-0.25, -0.2) is 8.42 Å². The molecule has 0 aromatic heterocycles. The lowest BCUT2D eigenvalue weighted by molar-refractivity contribution is -0.140. The van der Waals surface area contributed by atoms with Crippen LogP contribution in [0.1, 0.15) is 51.0 Å². The van der Waals surface area contributed by atoms with Crippen molar-refractivity contribution in [2.45, 2.75) is 69.0 Å². The number of anilines is 1. The van der Waals surface area contributed by atoms with E-state index < -0.39 is 28.5 Å². The number of hydrogen-bond acceptors (Lipinski definition) is 4. The highest BCUT2D eigenvalue weighted by molar-refractivity contribution is 7.92. The van der Waals surface area contributed by atoms with Gasteiger partial charge in [-0.15, -0.1) is 0 Å². The molecule has 1 saturated carbocycles. The molecule has 0 unspecified atom stereocenters. The second-order valence-electron chi connectivity index (χ2n) is 10.2. The molecule has 3 aromatic carbocycles. The quantitative estimate of drug-likeness (QED) is 0.269. The van der Waals surface area contributed by atoms with Crippen molar-refractivity contribution in [2.75, 3.05) is 10.8 Å². The molecule has 0 bridgehead atoms. The van der Waals surface area contributed by atoms with Crippen LogP contribution in [0, 0.1) is 0 Å². The number of amides is 2. The van der Waals surface area contributed by atoms with Gasteiger partial charge in [-0.2, -0.15) is 0 Å². The third-order valence-corrected chi connectivity index (χ3v) is 9.65. The number of sulfonamides is 1. The predicted molar refractivity (Wildman–Crippen MR) is 164 cm³/mol. The van der Waals surface area contributed by atoms with Crippen molar-refractivity contribution in [3.8, 4) is 0 Å². The molecule has 10 heteroatoms. The fourth-order valence-electron chi connectivity index (χ4n) is 5.15. The summed E-state index contributed by atoms with van der Waals surface area (Å²) in [4.78, 5) is 29.2. The van der Waals surface area contributed by atoms with Crippen LogP contribution >= 0.6 is 23.2 Å². The van der Waals surface area contributed by atoms with Crippen molar-refractivity contribution in [3.63, 3.8) is 0 Å². The van der Waals surface area contributed by atoms with E-state index in [-0.39, 0.29) is 39.1 Å². The maximum absolute atomic E-state index is 14.2. The minimum atomic E-state index is -4.23. The van der Waals surface area contributed by atoms with Crippen molar-refractivity contribution in [2.24, 2.45) is 0 Å². The first-order chi connectivity index (χ1) is 19.7. The highest BCUT2D eigenvalue weighted by Crippen LogP contribution is 2.33. The molecular weight excluding hydrogens is 581 g/mol. The van der Waals surface area contributed by atoms with E-state index >= 15 is 0 Å². The minimum Gasteiger partial charge on any atom is -0.352 e. The molecule has 0 heterocycles. The number of nitrogens with one attached hydrogen (secondary N) is 1. The van der Waals surface area contributed by atoms with Gasteiger partial charge in [0.2, 0.25) is 11.8 Å². The summed E-state index contributed by atoms with van der Waals surface area (Å²) in [5.74, 6) is -0.767. The summed E-state index contributed by atoms with van der Waals surface area (Å²) < 4.78 is 28.8. The molecule has 3 aromatic rings. The van der Waals surface area contributed by atoms with Gasteiger partial charge in [0.05, 0.1) is 15.6 Å². The van der Waals surface area contributed by atoms with Gasteiger partial charge in [0, 0.05) is 17.6 Å². The Morgan fingerprint density at radius 2 is 1.56 bits per heavy atom. The van der Waals surface area contributed by atoms with Crippen LogP contribution in [0.15, 0.2) is 83.8 Å². The van der Waals surface area contributed by atoms with Crippen LogP contribution in [0.25, 0.3) is 0 Å². The summed E-state index contributed by atoms with van der Waals surface area (Å²) in [6.45, 7) is 1.42. The zero-order valence-corrected chi connectivity index (χ0v) is 25.3. The van der Waals surface area contributed by atoms with E-state index in [1.807, 2.05) is 37.3 Å². The summed E-state index contributed by atoms with van der Waals surface area (Å²) in [7, 11) is -4.23. The normalized spacial score (nSPS) is 14.7. The standard InChI is InChI=1S/C31H35Cl2N3O4S/c1-2-28(31(38)34-25-14-8-4-9-15-25)35(21-23-12-6-3-7-13-23)30(37)22-36(29-20-24(32)18-19-27(29)33)41(39,40)26-16-10-5-11-17-26/h3,5-7,10-13,16-20,25,28H,2,4,8-9,14-15,21-22H2,1H3,(H,34,38)/t28-/m0/s1. The van der Waals surface area contributed by atoms with E-state index in [0.29, 0.717) is 6.42 Å². The monoisotopic (exact) mass is 615 g/mol. The van der Waals surface area contributed by atoms with Crippen molar-refractivity contribution in [1.29, 1.82) is 0 Å². The van der Waals surface area contributed by atoms with E-state index in [2.05, 4.69) is 5.32 Å². The Bertz CT molecular complexity index is 1430. The maximum atomic E-state index is 14.2. The molecule has 0 saturated heterocycles. The largest absolute Gasteiger partial charge is 0.352 e. The van der Waals surface area contributed by atoms with Crippen molar-refractivity contribution >= 4 is 50.7 Å². The van der Waals surface area contributed by atoms with Gasteiger partial charge in [0.1, 0.15) is 12.6 Å². The number of benzene rings is 3. The van der Waals surface area contributed by atoms with Crippen LogP contribution in [0.5, 0.6) is 0 Å². The van der Waals surface area contributed by atoms with Gasteiger partial charge in [-0.05, 0) is 55.2 Å². The molecule has 1 aliphatic carbocycles. The Hall–Kier alpha value is -3.07. The van der Waals surface area contributed by atoms with Gasteiger partial charge < -0.3 is 10.2 Å². The van der Waals surface area contributed by atoms with Crippen LogP contribution < -0.4 is 9.62 Å². The lowest BCUT2D eigenvalue weighted by atomic mass is 9.95. The number of hydrogen-bond donors (Lipinski definition) is 1. The average Bonchev–Trinajstić information content (AvgIpc) is 2.98. The number of rotatable bonds is 11. The zero-order valence-electron chi connectivity index (χ0n) is 23.0. The van der Waals surface area contributed by atoms with Gasteiger partial charge in [0.25, 0.3) is 10.0 Å². The van der Waals surface area contributed by atoms with Crippen molar-refractivity contribution < 1.29 is 18.0 Å². The third kappa shape index (κ3) is 7.82. The van der Waals surface area contributed by atoms with Gasteiger partial charge in [-0.3, -0.25) is 13.9 Å². The lowest BCUT2D eigenvalue weighted by Crippen LogP contribution is -2.54. The van der Waals surface area contributed by atoms with E-state index in [4.69, 9.17) is 23.2 Å². The molecule has 0 radical (unpaired) electrons. The summed E-state index contributed by atoms with van der Waals surface area (Å²) in [5, 5.41) is 3.54. The summed E-state index contributed by atoms with van der Waals surface area (Å²) >= 11 is 12.7. The average molecular weight is 617 g/mol. The number of carbonyl (C=O) groups is 2. The fourth-order valence-corrected chi connectivity index (χ4v) is 7.04. The zero-order chi connectivity index (χ0) is 29.4. The predicted octanol–water partition coefficient (Wildman–Crippen LogP) is 6.45. The second kappa shape index (κ2) is 14.2. The van der Waals surface area contributed by atoms with Gasteiger partial charge >= 0.3 is 0 Å². The molecule has 218 valence electrons. The summed E-state index contributed by atoms with van der Waals surface area (Å²) in [6.07, 6.45) is 5.44. The van der Waals surface area contributed by atoms with E-state index in [1.165, 1.54) is 29.2 Å². The Balaban J connectivity index is 1.71. The molecule has 4 rings (SSSR count). The van der Waals surface area contributed by atoms with E-state index in [1.54, 1.807) is 24.3 Å². The molecular formula is C31H35Cl2N3O4S. The Morgan fingerprint density at radius 1 is 0.927 bits per heavy atom. The van der Waals surface area contributed by atoms with Gasteiger partial charge in [0.15, 0.2) is 0 Å². The van der Waals surface area contributed by atoms with Crippen molar-refractivity contribution in [3.05, 3.63) is 94.5 Å². The van der Waals surface area contributed by atoms with Crippen LogP contribution in [-0.2, 0) is 26.2 Å². The number of nitrogens with zero attached hydrogens (tertiary/aromatic N) is 2. The highest BCUT2D eigenvalue weighted by atomic mass is 35.5. The molecule has 41 heavy (non-hydrogen) atoms. The van der Waals surface area contributed by atoms with Crippen molar-refractivity contribution in [1.82, 2.24) is 10.2 Å². The molecule has 2 amide bonds. The fraction of sp³-hybridized carbons (Fsp3) is 0.355. The minimum absolute atomic E-state index is 0.000495. The summed E-state index contributed by atoms with van der Waals surface area (Å²) in [6, 6.07) is 20.9. The Labute approximate surface area is 252 Å². The third-order valence-electron chi connectivity index (χ3n) is 7.32. The van der Waals surface area contributed by atoms with E-state index in [9.17, 15) is 18.0 Å². The first-order valence-electron chi connectivity index (χ1n) is 13.9. The molecule has 1 fully saturated rings. The SMILES string of the molecule is CC[C@@H](C(=O)NC1CCCCC1)N(Cc1ccccc1)C(=O)CN(c1cc(Cl)ccc1Cl)S(=O)(=O)c1ccccc1. The van der Waals surface area contributed by atoms with Crippen LogP contribution in [0.3, 0.4) is 0 Å².